The lowest BCUT2D eigenvalue weighted by Crippen LogP contribution is -2.08. The molecule has 0 bridgehead atoms. The van der Waals surface area contributed by atoms with Crippen LogP contribution in [0.4, 0.5) is 4.39 Å². The lowest BCUT2D eigenvalue weighted by molar-refractivity contribution is 0.0592. The van der Waals surface area contributed by atoms with Crippen molar-refractivity contribution in [1.29, 1.82) is 0 Å². The monoisotopic (exact) mass is 263 g/mol. The number of carbonyl (C=O) groups is 1. The third kappa shape index (κ3) is 2.33. The quantitative estimate of drug-likeness (QED) is 0.795. The van der Waals surface area contributed by atoms with Gasteiger partial charge in [0.1, 0.15) is 5.82 Å². The molecule has 0 saturated heterocycles. The van der Waals surface area contributed by atoms with E-state index >= 15 is 0 Å². The van der Waals surface area contributed by atoms with Gasteiger partial charge < -0.3 is 4.74 Å². The zero-order valence-corrected chi connectivity index (χ0v) is 11.0. The van der Waals surface area contributed by atoms with E-state index in [1.54, 1.807) is 19.1 Å². The molecule has 0 spiro atoms. The van der Waals surface area contributed by atoms with Crippen molar-refractivity contribution in [2.75, 3.05) is 7.11 Å². The molecule has 2 rings (SSSR count). The van der Waals surface area contributed by atoms with Crippen LogP contribution in [0, 0.1) is 12.7 Å². The van der Waals surface area contributed by atoms with Gasteiger partial charge in [0, 0.05) is 0 Å². The van der Waals surface area contributed by atoms with E-state index < -0.39 is 5.97 Å². The number of nitrogens with zero attached hydrogens (tertiary/aromatic N) is 3. The molecule has 2 aromatic rings. The molecule has 0 saturated carbocycles. The molecule has 0 atom stereocenters. The molecule has 19 heavy (non-hydrogen) atoms. The Bertz CT molecular complexity index is 622. The first-order valence-electron chi connectivity index (χ1n) is 5.87. The Balaban J connectivity index is 2.53. The van der Waals surface area contributed by atoms with E-state index in [9.17, 15) is 9.18 Å². The molecule has 5 nitrogen and oxygen atoms in total. The zero-order valence-electron chi connectivity index (χ0n) is 11.0. The van der Waals surface area contributed by atoms with Crippen LogP contribution >= 0.6 is 0 Å². The maximum absolute atomic E-state index is 13.3. The van der Waals surface area contributed by atoms with Crippen molar-refractivity contribution in [1.82, 2.24) is 15.0 Å². The summed E-state index contributed by atoms with van der Waals surface area (Å²) < 4.78 is 19.4. The number of hydrogen-bond acceptors (Lipinski definition) is 4. The number of esters is 1. The van der Waals surface area contributed by atoms with E-state index in [0.717, 1.165) is 0 Å². The number of benzene rings is 1. The summed E-state index contributed by atoms with van der Waals surface area (Å²) in [7, 11) is 1.29. The molecule has 0 aliphatic rings. The number of hydrogen-bond donors (Lipinski definition) is 0. The van der Waals surface area contributed by atoms with Crippen molar-refractivity contribution >= 4 is 5.97 Å². The SMILES string of the molecule is CCc1c(C(=O)OC)nnn1-c1ccc(F)c(C)c1. The van der Waals surface area contributed by atoms with Crippen molar-refractivity contribution in [3.05, 3.63) is 41.0 Å². The maximum Gasteiger partial charge on any atom is 0.360 e. The van der Waals surface area contributed by atoms with Crippen LogP contribution in [0.5, 0.6) is 0 Å². The predicted molar refractivity (Wildman–Crippen MR) is 66.8 cm³/mol. The molecule has 0 N–H and O–H groups in total. The largest absolute Gasteiger partial charge is 0.464 e. The van der Waals surface area contributed by atoms with Gasteiger partial charge in [0.25, 0.3) is 0 Å². The topological polar surface area (TPSA) is 57.0 Å². The Morgan fingerprint density at radius 2 is 2.21 bits per heavy atom. The van der Waals surface area contributed by atoms with E-state index in [4.69, 9.17) is 0 Å². The van der Waals surface area contributed by atoms with Gasteiger partial charge in [0.05, 0.1) is 18.5 Å². The zero-order chi connectivity index (χ0) is 14.0. The number of aromatic nitrogens is 3. The van der Waals surface area contributed by atoms with Crippen LogP contribution in [0.25, 0.3) is 5.69 Å². The van der Waals surface area contributed by atoms with Crippen molar-refractivity contribution < 1.29 is 13.9 Å². The molecule has 0 fully saturated rings. The van der Waals surface area contributed by atoms with E-state index in [1.807, 2.05) is 6.92 Å². The van der Waals surface area contributed by atoms with E-state index in [-0.39, 0.29) is 11.5 Å². The lowest BCUT2D eigenvalue weighted by Gasteiger charge is -2.06. The normalized spacial score (nSPS) is 10.5. The Hall–Kier alpha value is -2.24. The highest BCUT2D eigenvalue weighted by Gasteiger charge is 2.19. The van der Waals surface area contributed by atoms with E-state index in [1.165, 1.54) is 17.9 Å². The average Bonchev–Trinajstić information content (AvgIpc) is 2.84. The van der Waals surface area contributed by atoms with Gasteiger partial charge in [-0.1, -0.05) is 12.1 Å². The molecule has 1 heterocycles. The smallest absolute Gasteiger partial charge is 0.360 e. The summed E-state index contributed by atoms with van der Waals surface area (Å²) in [5.74, 6) is -0.808. The second-order valence-electron chi connectivity index (χ2n) is 4.08. The highest BCUT2D eigenvalue weighted by atomic mass is 19.1. The Morgan fingerprint density at radius 3 is 2.79 bits per heavy atom. The molecule has 1 aromatic carbocycles. The van der Waals surface area contributed by atoms with Crippen LogP contribution in [-0.4, -0.2) is 28.1 Å². The highest BCUT2D eigenvalue weighted by Crippen LogP contribution is 2.17. The van der Waals surface area contributed by atoms with Gasteiger partial charge in [0.2, 0.25) is 0 Å². The van der Waals surface area contributed by atoms with Crippen molar-refractivity contribution in [2.24, 2.45) is 0 Å². The molecule has 6 heteroatoms. The van der Waals surface area contributed by atoms with Crippen LogP contribution in [0.2, 0.25) is 0 Å². The molecular weight excluding hydrogens is 249 g/mol. The fourth-order valence-corrected chi connectivity index (χ4v) is 1.84. The molecule has 1 aromatic heterocycles. The number of methoxy groups -OCH3 is 1. The van der Waals surface area contributed by atoms with Crippen molar-refractivity contribution in [2.45, 2.75) is 20.3 Å². The third-order valence-corrected chi connectivity index (χ3v) is 2.86. The second-order valence-corrected chi connectivity index (χ2v) is 4.08. The first kappa shape index (κ1) is 13.2. The maximum atomic E-state index is 13.3. The molecule has 100 valence electrons. The van der Waals surface area contributed by atoms with E-state index in [2.05, 4.69) is 15.0 Å². The Labute approximate surface area is 110 Å². The molecule has 0 aliphatic carbocycles. The van der Waals surface area contributed by atoms with Gasteiger partial charge in [-0.2, -0.15) is 0 Å². The molecule has 0 unspecified atom stereocenters. The molecule has 0 aliphatic heterocycles. The minimum Gasteiger partial charge on any atom is -0.464 e. The molecular formula is C13H14FN3O2. The van der Waals surface area contributed by atoms with Crippen LogP contribution in [0.1, 0.15) is 28.7 Å². The lowest BCUT2D eigenvalue weighted by atomic mass is 10.2. The number of carbonyl (C=O) groups excluding carboxylic acids is 1. The van der Waals surface area contributed by atoms with Crippen molar-refractivity contribution in [3.8, 4) is 5.69 Å². The van der Waals surface area contributed by atoms with Gasteiger partial charge in [-0.05, 0) is 37.1 Å². The van der Waals surface area contributed by atoms with Gasteiger partial charge in [-0.3, -0.25) is 0 Å². The number of rotatable bonds is 3. The van der Waals surface area contributed by atoms with Gasteiger partial charge in [-0.15, -0.1) is 5.10 Å². The van der Waals surface area contributed by atoms with E-state index in [0.29, 0.717) is 23.4 Å². The minimum absolute atomic E-state index is 0.187. The number of aryl methyl sites for hydroxylation is 1. The van der Waals surface area contributed by atoms with Gasteiger partial charge in [-0.25, -0.2) is 13.9 Å². The average molecular weight is 263 g/mol. The summed E-state index contributed by atoms with van der Waals surface area (Å²) in [6.07, 6.45) is 0.563. The second kappa shape index (κ2) is 5.17. The number of halogens is 1. The predicted octanol–water partition coefficient (Wildman–Crippen LogP) is 2.06. The highest BCUT2D eigenvalue weighted by molar-refractivity contribution is 5.88. The fraction of sp³-hybridized carbons (Fsp3) is 0.308. The Morgan fingerprint density at radius 1 is 1.47 bits per heavy atom. The number of ether oxygens (including phenoxy) is 1. The van der Waals surface area contributed by atoms with Gasteiger partial charge in [0.15, 0.2) is 5.69 Å². The first-order valence-corrected chi connectivity index (χ1v) is 5.87. The summed E-state index contributed by atoms with van der Waals surface area (Å²) in [6, 6.07) is 4.62. The summed E-state index contributed by atoms with van der Waals surface area (Å²) >= 11 is 0. The minimum atomic E-state index is -0.526. The molecule has 0 radical (unpaired) electrons. The Kier molecular flexibility index (Phi) is 3.59. The standard InChI is InChI=1S/C13H14FN3O2/c1-4-11-12(13(18)19-3)15-16-17(11)9-5-6-10(14)8(2)7-9/h5-7H,4H2,1-3H3. The summed E-state index contributed by atoms with van der Waals surface area (Å²) in [5, 5.41) is 7.77. The summed E-state index contributed by atoms with van der Waals surface area (Å²) in [5.41, 5.74) is 2.00. The summed E-state index contributed by atoms with van der Waals surface area (Å²) in [6.45, 7) is 3.56. The van der Waals surface area contributed by atoms with Crippen LogP contribution < -0.4 is 0 Å². The third-order valence-electron chi connectivity index (χ3n) is 2.86. The van der Waals surface area contributed by atoms with Crippen LogP contribution in [0.3, 0.4) is 0 Å². The van der Waals surface area contributed by atoms with Gasteiger partial charge >= 0.3 is 5.97 Å². The molecule has 0 amide bonds. The fourth-order valence-electron chi connectivity index (χ4n) is 1.84. The first-order chi connectivity index (χ1) is 9.08. The van der Waals surface area contributed by atoms with Crippen molar-refractivity contribution in [3.63, 3.8) is 0 Å². The van der Waals surface area contributed by atoms with Crippen LogP contribution in [-0.2, 0) is 11.2 Å². The summed E-state index contributed by atoms with van der Waals surface area (Å²) in [4.78, 5) is 11.6. The van der Waals surface area contributed by atoms with Crippen LogP contribution in [0.15, 0.2) is 18.2 Å².